The molecule has 0 aliphatic rings. The standard InChI is InChI=1S/C27H28N2O4/c1-19-8-10-21(11-9-19)20(2)29(23-12-14-24(32-3)15-13-23)28-17-16-26(27(30)31)22-6-5-7-25(18-22)33-4/h5-15,17-18,26H,2,16H2,1,3-4H3,(H,30,31)/b28-17+. The van der Waals surface area contributed by atoms with E-state index in [4.69, 9.17) is 9.47 Å². The Morgan fingerprint density at radius 3 is 2.30 bits per heavy atom. The van der Waals surface area contributed by atoms with Crippen LogP contribution < -0.4 is 14.5 Å². The lowest BCUT2D eigenvalue weighted by Gasteiger charge is -2.22. The molecule has 0 fully saturated rings. The van der Waals surface area contributed by atoms with Crippen LogP contribution in [0.1, 0.15) is 29.0 Å². The average Bonchev–Trinajstić information content (AvgIpc) is 2.84. The van der Waals surface area contributed by atoms with Crippen LogP contribution in [0.3, 0.4) is 0 Å². The van der Waals surface area contributed by atoms with E-state index < -0.39 is 11.9 Å². The van der Waals surface area contributed by atoms with Crippen LogP contribution in [0, 0.1) is 6.92 Å². The van der Waals surface area contributed by atoms with Crippen LogP contribution >= 0.6 is 0 Å². The third-order valence-electron chi connectivity index (χ3n) is 5.29. The van der Waals surface area contributed by atoms with Crippen molar-refractivity contribution in [3.8, 4) is 11.5 Å². The number of aliphatic carboxylic acids is 1. The SMILES string of the molecule is C=C(c1ccc(C)cc1)N(/N=C/CC(C(=O)O)c1cccc(OC)c1)c1ccc(OC)cc1. The van der Waals surface area contributed by atoms with Gasteiger partial charge in [-0.2, -0.15) is 5.10 Å². The van der Waals surface area contributed by atoms with Gasteiger partial charge in [-0.25, -0.2) is 5.01 Å². The second-order valence-corrected chi connectivity index (χ2v) is 7.52. The summed E-state index contributed by atoms with van der Waals surface area (Å²) < 4.78 is 10.5. The van der Waals surface area contributed by atoms with E-state index in [1.807, 2.05) is 55.5 Å². The minimum Gasteiger partial charge on any atom is -0.497 e. The van der Waals surface area contributed by atoms with Gasteiger partial charge in [0.1, 0.15) is 11.5 Å². The van der Waals surface area contributed by atoms with Gasteiger partial charge in [-0.3, -0.25) is 4.79 Å². The summed E-state index contributed by atoms with van der Waals surface area (Å²) in [5.41, 5.74) is 4.17. The van der Waals surface area contributed by atoms with Gasteiger partial charge in [-0.1, -0.05) is 48.5 Å². The van der Waals surface area contributed by atoms with Crippen molar-refractivity contribution in [2.45, 2.75) is 19.3 Å². The number of carbonyl (C=O) groups is 1. The topological polar surface area (TPSA) is 71.4 Å². The number of carboxylic acid groups (broad SMARTS) is 1. The van der Waals surface area contributed by atoms with Crippen LogP contribution in [0.25, 0.3) is 5.70 Å². The third-order valence-corrected chi connectivity index (χ3v) is 5.29. The van der Waals surface area contributed by atoms with Crippen molar-refractivity contribution in [1.82, 2.24) is 0 Å². The third kappa shape index (κ3) is 6.01. The van der Waals surface area contributed by atoms with E-state index in [0.717, 1.165) is 22.6 Å². The number of hydrazone groups is 1. The van der Waals surface area contributed by atoms with E-state index in [1.54, 1.807) is 49.7 Å². The van der Waals surface area contributed by atoms with Crippen molar-refractivity contribution in [1.29, 1.82) is 0 Å². The van der Waals surface area contributed by atoms with E-state index in [1.165, 1.54) is 0 Å². The monoisotopic (exact) mass is 444 g/mol. The molecule has 0 saturated carbocycles. The molecule has 33 heavy (non-hydrogen) atoms. The van der Waals surface area contributed by atoms with Crippen molar-refractivity contribution in [2.75, 3.05) is 19.2 Å². The molecule has 6 nitrogen and oxygen atoms in total. The number of anilines is 1. The molecule has 0 aromatic heterocycles. The second-order valence-electron chi connectivity index (χ2n) is 7.52. The highest BCUT2D eigenvalue weighted by Gasteiger charge is 2.20. The smallest absolute Gasteiger partial charge is 0.311 e. The first-order valence-electron chi connectivity index (χ1n) is 10.5. The van der Waals surface area contributed by atoms with Crippen molar-refractivity contribution < 1.29 is 19.4 Å². The summed E-state index contributed by atoms with van der Waals surface area (Å²) in [5, 5.41) is 16.1. The molecule has 0 heterocycles. The Kier molecular flexibility index (Phi) is 7.86. The van der Waals surface area contributed by atoms with Crippen LogP contribution in [0.5, 0.6) is 11.5 Å². The van der Waals surface area contributed by atoms with Gasteiger partial charge in [0.05, 0.1) is 31.5 Å². The summed E-state index contributed by atoms with van der Waals surface area (Å²) in [6.07, 6.45) is 1.82. The van der Waals surface area contributed by atoms with Crippen LogP contribution in [0.4, 0.5) is 5.69 Å². The van der Waals surface area contributed by atoms with E-state index >= 15 is 0 Å². The number of methoxy groups -OCH3 is 2. The zero-order valence-electron chi connectivity index (χ0n) is 19.1. The van der Waals surface area contributed by atoms with Gasteiger partial charge < -0.3 is 14.6 Å². The number of aryl methyl sites for hydroxylation is 1. The Hall–Kier alpha value is -4.06. The molecule has 0 amide bonds. The van der Waals surface area contributed by atoms with E-state index in [-0.39, 0.29) is 6.42 Å². The molecule has 0 aliphatic carbocycles. The van der Waals surface area contributed by atoms with Crippen LogP contribution in [0.2, 0.25) is 0 Å². The molecule has 0 spiro atoms. The second kappa shape index (κ2) is 11.0. The van der Waals surface area contributed by atoms with Gasteiger partial charge in [0.15, 0.2) is 0 Å². The first-order valence-corrected chi connectivity index (χ1v) is 10.5. The average molecular weight is 445 g/mol. The minimum absolute atomic E-state index is 0.205. The molecular formula is C27H28N2O4. The van der Waals surface area contributed by atoms with Crippen molar-refractivity contribution >= 4 is 23.6 Å². The van der Waals surface area contributed by atoms with Crippen LogP contribution in [-0.2, 0) is 4.79 Å². The Morgan fingerprint density at radius 2 is 1.70 bits per heavy atom. The van der Waals surface area contributed by atoms with Gasteiger partial charge in [0, 0.05) is 12.6 Å². The number of carboxylic acids is 1. The summed E-state index contributed by atoms with van der Waals surface area (Å²) in [6.45, 7) is 6.26. The van der Waals surface area contributed by atoms with Gasteiger partial charge in [-0.05, 0) is 54.4 Å². The number of ether oxygens (including phenoxy) is 2. The lowest BCUT2D eigenvalue weighted by atomic mass is 9.96. The summed E-state index contributed by atoms with van der Waals surface area (Å²) >= 11 is 0. The minimum atomic E-state index is -0.928. The summed E-state index contributed by atoms with van der Waals surface area (Å²) in [6, 6.07) is 22.5. The predicted molar refractivity (Wildman–Crippen MR) is 132 cm³/mol. The molecule has 6 heteroatoms. The number of hydrogen-bond acceptors (Lipinski definition) is 5. The first kappa shape index (κ1) is 23.6. The van der Waals surface area contributed by atoms with Gasteiger partial charge >= 0.3 is 5.97 Å². The molecule has 3 rings (SSSR count). The molecule has 3 aromatic carbocycles. The van der Waals surface area contributed by atoms with Crippen molar-refractivity contribution in [3.05, 3.63) is 96.1 Å². The normalized spacial score (nSPS) is 11.7. The zero-order chi connectivity index (χ0) is 23.8. The molecule has 1 atom stereocenters. The quantitative estimate of drug-likeness (QED) is 0.319. The molecule has 3 aromatic rings. The van der Waals surface area contributed by atoms with Gasteiger partial charge in [0.2, 0.25) is 0 Å². The maximum Gasteiger partial charge on any atom is 0.311 e. The molecule has 1 N–H and O–H groups in total. The van der Waals surface area contributed by atoms with E-state index in [9.17, 15) is 9.90 Å². The Morgan fingerprint density at radius 1 is 1.03 bits per heavy atom. The van der Waals surface area contributed by atoms with Crippen LogP contribution in [0.15, 0.2) is 84.5 Å². The number of hydrogen-bond donors (Lipinski definition) is 1. The lowest BCUT2D eigenvalue weighted by Crippen LogP contribution is -2.16. The maximum absolute atomic E-state index is 12.0. The zero-order valence-corrected chi connectivity index (χ0v) is 19.1. The Balaban J connectivity index is 1.89. The van der Waals surface area contributed by atoms with E-state index in [0.29, 0.717) is 17.0 Å². The number of nitrogens with zero attached hydrogens (tertiary/aromatic N) is 2. The summed E-state index contributed by atoms with van der Waals surface area (Å²) in [7, 11) is 3.17. The fourth-order valence-corrected chi connectivity index (χ4v) is 3.36. The Labute approximate surface area is 194 Å². The number of benzene rings is 3. The van der Waals surface area contributed by atoms with E-state index in [2.05, 4.69) is 11.7 Å². The lowest BCUT2D eigenvalue weighted by molar-refractivity contribution is -0.138. The highest BCUT2D eigenvalue weighted by Crippen LogP contribution is 2.28. The van der Waals surface area contributed by atoms with Gasteiger partial charge in [0.25, 0.3) is 0 Å². The molecule has 0 saturated heterocycles. The van der Waals surface area contributed by atoms with Gasteiger partial charge in [-0.15, -0.1) is 0 Å². The Bertz CT molecular complexity index is 1120. The number of rotatable bonds is 10. The molecule has 170 valence electrons. The summed E-state index contributed by atoms with van der Waals surface area (Å²) in [5.74, 6) is -0.340. The fraction of sp³-hybridized carbons (Fsp3) is 0.185. The molecule has 1 unspecified atom stereocenters. The largest absolute Gasteiger partial charge is 0.497 e. The highest BCUT2D eigenvalue weighted by molar-refractivity contribution is 5.83. The molecule has 0 radical (unpaired) electrons. The van der Waals surface area contributed by atoms with Crippen LogP contribution in [-0.4, -0.2) is 31.5 Å². The predicted octanol–water partition coefficient (Wildman–Crippen LogP) is 5.73. The fourth-order valence-electron chi connectivity index (χ4n) is 3.36. The molecular weight excluding hydrogens is 416 g/mol. The van der Waals surface area contributed by atoms with Crippen molar-refractivity contribution in [2.24, 2.45) is 5.10 Å². The highest BCUT2D eigenvalue weighted by atomic mass is 16.5. The van der Waals surface area contributed by atoms with Crippen molar-refractivity contribution in [3.63, 3.8) is 0 Å². The summed E-state index contributed by atoms with van der Waals surface area (Å²) in [4.78, 5) is 12.0. The molecule has 0 aliphatic heterocycles. The maximum atomic E-state index is 12.0. The first-order chi connectivity index (χ1) is 15.9. The molecule has 0 bridgehead atoms.